The molecule has 0 bridgehead atoms. The summed E-state index contributed by atoms with van der Waals surface area (Å²) < 4.78 is 0. The predicted octanol–water partition coefficient (Wildman–Crippen LogP) is 2.65. The SMILES string of the molecule is CN(CC(=O)O)C1CCCN(CC(=O)Nc2cccc3ccccc23)CC1. The van der Waals surface area contributed by atoms with E-state index in [4.69, 9.17) is 5.11 Å². The average Bonchev–Trinajstić information content (AvgIpc) is 2.87. The second kappa shape index (κ2) is 8.97. The summed E-state index contributed by atoms with van der Waals surface area (Å²) in [7, 11) is 1.86. The predicted molar refractivity (Wildman–Crippen MR) is 107 cm³/mol. The van der Waals surface area contributed by atoms with E-state index in [0.717, 1.165) is 48.8 Å². The van der Waals surface area contributed by atoms with Gasteiger partial charge >= 0.3 is 5.97 Å². The third-order valence-electron chi connectivity index (χ3n) is 5.23. The van der Waals surface area contributed by atoms with Gasteiger partial charge in [-0.15, -0.1) is 0 Å². The summed E-state index contributed by atoms with van der Waals surface area (Å²) >= 11 is 0. The van der Waals surface area contributed by atoms with Crippen LogP contribution in [-0.4, -0.2) is 66.1 Å². The number of rotatable bonds is 6. The molecule has 1 amide bonds. The third kappa shape index (κ3) is 5.28. The number of likely N-dealkylation sites (tertiary alicyclic amines) is 1. The largest absolute Gasteiger partial charge is 0.480 e. The highest BCUT2D eigenvalue weighted by atomic mass is 16.4. The smallest absolute Gasteiger partial charge is 0.317 e. The Labute approximate surface area is 159 Å². The lowest BCUT2D eigenvalue weighted by molar-refractivity contribution is -0.138. The third-order valence-corrected chi connectivity index (χ3v) is 5.23. The molecule has 1 atom stereocenters. The second-order valence-corrected chi connectivity index (χ2v) is 7.24. The number of fused-ring (bicyclic) bond motifs is 1. The maximum atomic E-state index is 12.6. The fourth-order valence-electron chi connectivity index (χ4n) is 3.81. The van der Waals surface area contributed by atoms with Crippen molar-refractivity contribution in [3.8, 4) is 0 Å². The molecular weight excluding hydrogens is 342 g/mol. The summed E-state index contributed by atoms with van der Waals surface area (Å²) in [5.41, 5.74) is 0.840. The van der Waals surface area contributed by atoms with Crippen LogP contribution < -0.4 is 5.32 Å². The molecule has 2 aromatic carbocycles. The lowest BCUT2D eigenvalue weighted by Gasteiger charge is -2.25. The Morgan fingerprint density at radius 2 is 1.93 bits per heavy atom. The van der Waals surface area contributed by atoms with Crippen LogP contribution in [0.15, 0.2) is 42.5 Å². The zero-order valence-electron chi connectivity index (χ0n) is 15.7. The Bertz CT molecular complexity index is 803. The van der Waals surface area contributed by atoms with Crippen LogP contribution in [0.1, 0.15) is 19.3 Å². The molecule has 1 heterocycles. The van der Waals surface area contributed by atoms with Gasteiger partial charge in [-0.2, -0.15) is 0 Å². The van der Waals surface area contributed by atoms with E-state index in [0.29, 0.717) is 6.54 Å². The summed E-state index contributed by atoms with van der Waals surface area (Å²) in [6.07, 6.45) is 2.81. The molecule has 144 valence electrons. The molecule has 1 aliphatic rings. The number of hydrogen-bond donors (Lipinski definition) is 2. The number of likely N-dealkylation sites (N-methyl/N-ethyl adjacent to an activating group) is 1. The van der Waals surface area contributed by atoms with E-state index < -0.39 is 5.97 Å². The lowest BCUT2D eigenvalue weighted by atomic mass is 10.1. The van der Waals surface area contributed by atoms with Gasteiger partial charge in [-0.05, 0) is 44.3 Å². The van der Waals surface area contributed by atoms with Gasteiger partial charge in [0, 0.05) is 23.7 Å². The number of hydrogen-bond acceptors (Lipinski definition) is 4. The molecule has 0 aliphatic carbocycles. The van der Waals surface area contributed by atoms with Crippen molar-refractivity contribution in [2.24, 2.45) is 0 Å². The molecule has 0 spiro atoms. The molecule has 1 saturated heterocycles. The van der Waals surface area contributed by atoms with Crippen LogP contribution >= 0.6 is 0 Å². The summed E-state index contributed by atoms with van der Waals surface area (Å²) in [4.78, 5) is 27.5. The minimum Gasteiger partial charge on any atom is -0.480 e. The van der Waals surface area contributed by atoms with Crippen LogP contribution in [0.25, 0.3) is 10.8 Å². The van der Waals surface area contributed by atoms with Gasteiger partial charge in [0.15, 0.2) is 0 Å². The van der Waals surface area contributed by atoms with Crippen molar-refractivity contribution in [2.45, 2.75) is 25.3 Å². The molecule has 0 saturated carbocycles. The van der Waals surface area contributed by atoms with Crippen molar-refractivity contribution in [1.82, 2.24) is 9.80 Å². The standard InChI is InChI=1S/C21H27N3O3/c1-23(15-21(26)27)17-8-5-12-24(13-11-17)14-20(25)22-19-10-4-7-16-6-2-3-9-18(16)19/h2-4,6-7,9-10,17H,5,8,11-15H2,1H3,(H,22,25)(H,26,27). The first kappa shape index (κ1) is 19.3. The highest BCUT2D eigenvalue weighted by Gasteiger charge is 2.22. The van der Waals surface area contributed by atoms with Crippen LogP contribution in [0.5, 0.6) is 0 Å². The summed E-state index contributed by atoms with van der Waals surface area (Å²) in [6, 6.07) is 14.2. The molecular formula is C21H27N3O3. The number of aliphatic carboxylic acids is 1. The van der Waals surface area contributed by atoms with Crippen molar-refractivity contribution in [3.63, 3.8) is 0 Å². The number of carbonyl (C=O) groups excluding carboxylic acids is 1. The molecule has 1 fully saturated rings. The summed E-state index contributed by atoms with van der Waals surface area (Å²) in [5.74, 6) is -0.809. The van der Waals surface area contributed by atoms with Crippen LogP contribution in [0, 0.1) is 0 Å². The van der Waals surface area contributed by atoms with E-state index >= 15 is 0 Å². The normalized spacial score (nSPS) is 18.4. The summed E-state index contributed by atoms with van der Waals surface area (Å²) in [5, 5.41) is 14.2. The van der Waals surface area contributed by atoms with Crippen molar-refractivity contribution in [3.05, 3.63) is 42.5 Å². The van der Waals surface area contributed by atoms with Gasteiger partial charge in [0.05, 0.1) is 13.1 Å². The lowest BCUT2D eigenvalue weighted by Crippen LogP contribution is -2.37. The monoisotopic (exact) mass is 369 g/mol. The van der Waals surface area contributed by atoms with Gasteiger partial charge in [-0.1, -0.05) is 36.4 Å². The van der Waals surface area contributed by atoms with E-state index in [9.17, 15) is 9.59 Å². The van der Waals surface area contributed by atoms with Crippen LogP contribution in [0.3, 0.4) is 0 Å². The van der Waals surface area contributed by atoms with E-state index in [1.54, 1.807) is 0 Å². The molecule has 2 N–H and O–H groups in total. The van der Waals surface area contributed by atoms with Crippen LogP contribution in [0.2, 0.25) is 0 Å². The Balaban J connectivity index is 1.56. The Kier molecular flexibility index (Phi) is 6.42. The van der Waals surface area contributed by atoms with Gasteiger partial charge in [0.25, 0.3) is 0 Å². The zero-order valence-corrected chi connectivity index (χ0v) is 15.7. The first-order chi connectivity index (χ1) is 13.0. The van der Waals surface area contributed by atoms with E-state index in [-0.39, 0.29) is 18.5 Å². The van der Waals surface area contributed by atoms with Crippen LogP contribution in [-0.2, 0) is 9.59 Å². The van der Waals surface area contributed by atoms with Gasteiger partial charge < -0.3 is 10.4 Å². The van der Waals surface area contributed by atoms with Gasteiger partial charge in [-0.25, -0.2) is 0 Å². The molecule has 0 aromatic heterocycles. The van der Waals surface area contributed by atoms with E-state index in [1.807, 2.05) is 54.4 Å². The summed E-state index contributed by atoms with van der Waals surface area (Å²) in [6.45, 7) is 2.09. The Morgan fingerprint density at radius 3 is 2.74 bits per heavy atom. The molecule has 0 radical (unpaired) electrons. The van der Waals surface area contributed by atoms with Crippen LogP contribution in [0.4, 0.5) is 5.69 Å². The first-order valence-electron chi connectivity index (χ1n) is 9.45. The average molecular weight is 369 g/mol. The Hall–Kier alpha value is -2.44. The molecule has 1 unspecified atom stereocenters. The number of carboxylic acid groups (broad SMARTS) is 1. The Morgan fingerprint density at radius 1 is 1.15 bits per heavy atom. The topological polar surface area (TPSA) is 72.9 Å². The van der Waals surface area contributed by atoms with Gasteiger partial charge in [-0.3, -0.25) is 19.4 Å². The van der Waals surface area contributed by atoms with Crippen molar-refractivity contribution in [2.75, 3.05) is 38.5 Å². The number of carboxylic acids is 1. The molecule has 1 aliphatic heterocycles. The quantitative estimate of drug-likeness (QED) is 0.819. The molecule has 6 nitrogen and oxygen atoms in total. The second-order valence-electron chi connectivity index (χ2n) is 7.24. The number of carbonyl (C=O) groups is 2. The molecule has 2 aromatic rings. The zero-order chi connectivity index (χ0) is 19.2. The number of benzene rings is 2. The fourth-order valence-corrected chi connectivity index (χ4v) is 3.81. The van der Waals surface area contributed by atoms with E-state index in [1.165, 1.54) is 0 Å². The van der Waals surface area contributed by atoms with Crippen molar-refractivity contribution in [1.29, 1.82) is 0 Å². The molecule has 3 rings (SSSR count). The number of nitrogens with one attached hydrogen (secondary N) is 1. The van der Waals surface area contributed by atoms with E-state index in [2.05, 4.69) is 10.2 Å². The minimum atomic E-state index is -0.798. The molecule has 6 heteroatoms. The number of nitrogens with zero attached hydrogens (tertiary/aromatic N) is 2. The first-order valence-corrected chi connectivity index (χ1v) is 9.45. The maximum absolute atomic E-state index is 12.6. The van der Waals surface area contributed by atoms with Crippen molar-refractivity contribution < 1.29 is 14.7 Å². The highest BCUT2D eigenvalue weighted by Crippen LogP contribution is 2.23. The van der Waals surface area contributed by atoms with Gasteiger partial charge in [0.1, 0.15) is 0 Å². The maximum Gasteiger partial charge on any atom is 0.317 e. The fraction of sp³-hybridized carbons (Fsp3) is 0.429. The number of anilines is 1. The number of amides is 1. The molecule has 27 heavy (non-hydrogen) atoms. The minimum absolute atomic E-state index is 0.0105. The van der Waals surface area contributed by atoms with Crippen molar-refractivity contribution >= 4 is 28.3 Å². The van der Waals surface area contributed by atoms with Gasteiger partial charge in [0.2, 0.25) is 5.91 Å². The highest BCUT2D eigenvalue weighted by molar-refractivity contribution is 6.02.